The molecule has 6 aromatic rings. The largest absolute Gasteiger partial charge is 0.506 e. The van der Waals surface area contributed by atoms with Gasteiger partial charge in [-0.15, -0.1) is 0 Å². The number of H-pyrrole nitrogens is 1. The van der Waals surface area contributed by atoms with E-state index in [9.17, 15) is 24.6 Å². The fourth-order valence-electron chi connectivity index (χ4n) is 8.41. The summed E-state index contributed by atoms with van der Waals surface area (Å²) in [5, 5.41) is 28.3. The van der Waals surface area contributed by atoms with Crippen LogP contribution in [-0.2, 0) is 22.6 Å². The van der Waals surface area contributed by atoms with E-state index in [2.05, 4.69) is 20.5 Å². The van der Waals surface area contributed by atoms with Crippen LogP contribution in [0.25, 0.3) is 10.9 Å². The van der Waals surface area contributed by atoms with Gasteiger partial charge in [-0.1, -0.05) is 72.3 Å². The van der Waals surface area contributed by atoms with E-state index in [1.165, 1.54) is 19.2 Å². The van der Waals surface area contributed by atoms with Gasteiger partial charge in [0.15, 0.2) is 0 Å². The molecule has 0 saturated carbocycles. The molecular formula is C50H51ClN4O10. The summed E-state index contributed by atoms with van der Waals surface area (Å²) >= 11 is 6.56. The number of hydrogen-bond acceptors (Lipinski definition) is 12. The monoisotopic (exact) mass is 902 g/mol. The zero-order chi connectivity index (χ0) is 45.3. The van der Waals surface area contributed by atoms with Crippen molar-refractivity contribution in [1.29, 1.82) is 0 Å². The van der Waals surface area contributed by atoms with E-state index in [1.54, 1.807) is 48.5 Å². The molecule has 0 aliphatic carbocycles. The molecule has 3 aliphatic rings. The molecule has 3 fully saturated rings. The Balaban J connectivity index is 0.794. The number of hydrogen-bond donors (Lipinski definition) is 5. The van der Waals surface area contributed by atoms with E-state index in [1.807, 2.05) is 54.6 Å². The number of amides is 1. The minimum Gasteiger partial charge on any atom is -0.506 e. The minimum absolute atomic E-state index is 0.0318. The molecule has 5 N–H and O–H groups in total. The lowest BCUT2D eigenvalue weighted by Crippen LogP contribution is -2.52. The number of aliphatic hydroxyl groups excluding tert-OH is 1. The van der Waals surface area contributed by atoms with Gasteiger partial charge >= 0.3 is 12.1 Å². The van der Waals surface area contributed by atoms with Crippen LogP contribution in [0.5, 0.6) is 23.0 Å². The van der Waals surface area contributed by atoms with Crippen LogP contribution in [-0.4, -0.2) is 84.8 Å². The van der Waals surface area contributed by atoms with E-state index in [-0.39, 0.29) is 49.3 Å². The van der Waals surface area contributed by atoms with Gasteiger partial charge in [-0.25, -0.2) is 9.59 Å². The van der Waals surface area contributed by atoms with Crippen LogP contribution in [0.3, 0.4) is 0 Å². The van der Waals surface area contributed by atoms with E-state index in [0.717, 1.165) is 49.2 Å². The number of rotatable bonds is 18. The van der Waals surface area contributed by atoms with Crippen molar-refractivity contribution in [2.24, 2.45) is 5.92 Å². The van der Waals surface area contributed by atoms with Gasteiger partial charge in [-0.05, 0) is 96.6 Å². The minimum atomic E-state index is -0.945. The highest BCUT2D eigenvalue weighted by Gasteiger charge is 2.37. The van der Waals surface area contributed by atoms with Crippen molar-refractivity contribution in [2.75, 3.05) is 46.5 Å². The fourth-order valence-corrected chi connectivity index (χ4v) is 8.65. The predicted molar refractivity (Wildman–Crippen MR) is 245 cm³/mol. The number of alkyl carbamates (subject to hydrolysis) is 1. The summed E-state index contributed by atoms with van der Waals surface area (Å²) in [6, 6.07) is 33.2. The number of ether oxygens (including phenoxy) is 5. The van der Waals surface area contributed by atoms with Gasteiger partial charge in [0.25, 0.3) is 0 Å². The summed E-state index contributed by atoms with van der Waals surface area (Å²) in [5.74, 6) is 1.28. The number of aromatic hydroxyl groups is 1. The van der Waals surface area contributed by atoms with Gasteiger partial charge in [0.1, 0.15) is 48.9 Å². The molecule has 4 heterocycles. The first kappa shape index (κ1) is 45.0. The number of pyridine rings is 1. The molecule has 3 aliphatic heterocycles. The Labute approximate surface area is 381 Å². The van der Waals surface area contributed by atoms with Gasteiger partial charge < -0.3 is 49.5 Å². The molecule has 1 amide bonds. The van der Waals surface area contributed by atoms with Crippen LogP contribution in [0.15, 0.2) is 120 Å². The number of aromatic nitrogens is 1. The summed E-state index contributed by atoms with van der Waals surface area (Å²) < 4.78 is 29.0. The van der Waals surface area contributed by atoms with Crippen LogP contribution < -0.4 is 30.4 Å². The van der Waals surface area contributed by atoms with Gasteiger partial charge in [0.05, 0.1) is 35.4 Å². The Morgan fingerprint density at radius 1 is 0.877 bits per heavy atom. The second-order valence-corrected chi connectivity index (χ2v) is 16.5. The fraction of sp³-hybridized carbons (Fsp3) is 0.300. The predicted octanol–water partition coefficient (Wildman–Crippen LogP) is 7.44. The molecule has 14 nitrogen and oxygen atoms in total. The Kier molecular flexibility index (Phi) is 14.5. The highest BCUT2D eigenvalue weighted by Crippen LogP contribution is 2.34. The van der Waals surface area contributed by atoms with Crippen molar-refractivity contribution in [3.8, 4) is 23.0 Å². The number of carbonyl (C=O) groups excluding carboxylic acids is 2. The number of fused-ring (bicyclic) bond motifs is 4. The first-order valence-corrected chi connectivity index (χ1v) is 22.0. The van der Waals surface area contributed by atoms with Crippen LogP contribution in [0.2, 0.25) is 5.02 Å². The highest BCUT2D eigenvalue weighted by molar-refractivity contribution is 6.32. The van der Waals surface area contributed by atoms with Crippen LogP contribution in [0.1, 0.15) is 63.2 Å². The molecule has 65 heavy (non-hydrogen) atoms. The maximum atomic E-state index is 13.3. The Morgan fingerprint density at radius 2 is 1.66 bits per heavy atom. The standard InChI is InChI=1S/C50H51ClN4O10/c1-61-43-26-44(40(51)25-36(43)27-52-28-42(57)38-14-16-41(56)48-39(38)15-17-46(58)53-48)62-22-23-63-49(59)34-12-10-31(11-13-34)30-64-37-9-5-8-35(24-37)47(33-6-3-2-4-7-33)54-50(60)65-45-29-55-20-18-32(45)19-21-55/h2-17,24-26,32,42,45,47,52,56-57H,18-23,27-30H2,1H3,(H,53,58)(H,54,60)/t42?,45?,47-/m0/s1. The van der Waals surface area contributed by atoms with E-state index in [4.69, 9.17) is 35.3 Å². The van der Waals surface area contributed by atoms with Crippen LogP contribution >= 0.6 is 11.6 Å². The summed E-state index contributed by atoms with van der Waals surface area (Å²) in [6.07, 6.45) is 0.629. The van der Waals surface area contributed by atoms with Gasteiger partial charge in [0, 0.05) is 42.7 Å². The lowest BCUT2D eigenvalue weighted by Gasteiger charge is -2.43. The van der Waals surface area contributed by atoms with Crippen molar-refractivity contribution in [3.63, 3.8) is 0 Å². The Morgan fingerprint density at radius 3 is 2.42 bits per heavy atom. The Hall–Kier alpha value is -6.58. The summed E-state index contributed by atoms with van der Waals surface area (Å²) in [5.41, 5.74) is 4.14. The average molecular weight is 903 g/mol. The molecule has 15 heteroatoms. The molecule has 338 valence electrons. The second kappa shape index (κ2) is 20.9. The van der Waals surface area contributed by atoms with Crippen molar-refractivity contribution >= 4 is 34.6 Å². The zero-order valence-electron chi connectivity index (χ0n) is 35.8. The maximum absolute atomic E-state index is 13.3. The third-order valence-corrected chi connectivity index (χ3v) is 12.2. The molecule has 0 spiro atoms. The first-order valence-electron chi connectivity index (χ1n) is 21.6. The van der Waals surface area contributed by atoms with E-state index >= 15 is 0 Å². The highest BCUT2D eigenvalue weighted by atomic mass is 35.5. The zero-order valence-corrected chi connectivity index (χ0v) is 36.6. The number of phenols is 1. The van der Waals surface area contributed by atoms with Crippen molar-refractivity contribution in [1.82, 2.24) is 20.5 Å². The first-order chi connectivity index (χ1) is 31.6. The van der Waals surface area contributed by atoms with E-state index in [0.29, 0.717) is 56.8 Å². The number of nitrogens with one attached hydrogen (secondary N) is 3. The van der Waals surface area contributed by atoms with Crippen molar-refractivity contribution in [2.45, 2.75) is 44.2 Å². The summed E-state index contributed by atoms with van der Waals surface area (Å²) in [4.78, 5) is 42.9. The number of carbonyl (C=O) groups is 2. The van der Waals surface area contributed by atoms with Crippen molar-refractivity contribution in [3.05, 3.63) is 164 Å². The number of piperidine rings is 3. The van der Waals surface area contributed by atoms with Crippen LogP contribution in [0, 0.1) is 5.92 Å². The molecular weight excluding hydrogens is 852 g/mol. The summed E-state index contributed by atoms with van der Waals surface area (Å²) in [7, 11) is 1.52. The van der Waals surface area contributed by atoms with E-state index < -0.39 is 24.2 Å². The van der Waals surface area contributed by atoms with Gasteiger partial charge in [-0.2, -0.15) is 0 Å². The number of phenolic OH excluding ortho intramolecular Hbond substituents is 1. The smallest absolute Gasteiger partial charge is 0.408 e. The normalized spacial score (nSPS) is 17.5. The lowest BCUT2D eigenvalue weighted by atomic mass is 9.86. The molecule has 0 radical (unpaired) electrons. The van der Waals surface area contributed by atoms with Gasteiger partial charge in [-0.3, -0.25) is 9.69 Å². The van der Waals surface area contributed by atoms with Crippen LogP contribution in [0.4, 0.5) is 4.79 Å². The molecule has 3 atom stereocenters. The molecule has 3 saturated heterocycles. The number of benzene rings is 5. The molecule has 2 bridgehead atoms. The Bertz CT molecular complexity index is 2650. The number of esters is 1. The van der Waals surface area contributed by atoms with Gasteiger partial charge in [0.2, 0.25) is 5.56 Å². The molecule has 2 unspecified atom stereocenters. The number of nitrogens with zero attached hydrogens (tertiary/aromatic N) is 1. The average Bonchev–Trinajstić information content (AvgIpc) is 3.33. The number of methoxy groups -OCH3 is 1. The lowest BCUT2D eigenvalue weighted by molar-refractivity contribution is -0.0336. The summed E-state index contributed by atoms with van der Waals surface area (Å²) in [6.45, 7) is 3.63. The number of halogens is 1. The molecule has 9 rings (SSSR count). The SMILES string of the molecule is COc1cc(OCCOC(=O)c2ccc(COc3cccc([C@@H](NC(=O)OC4CN5CCC4CC5)c4ccccc4)c3)cc2)c(Cl)cc1CNCC(O)c1ccc(O)c2[nH]c(=O)ccc12. The van der Waals surface area contributed by atoms with Crippen molar-refractivity contribution < 1.29 is 43.5 Å². The topological polar surface area (TPSA) is 181 Å². The number of aromatic amines is 1. The quantitative estimate of drug-likeness (QED) is 0.0426. The maximum Gasteiger partial charge on any atom is 0.408 e. The molecule has 5 aromatic carbocycles. The molecule has 1 aromatic heterocycles. The third kappa shape index (κ3) is 11.2. The second-order valence-electron chi connectivity index (χ2n) is 16.1. The number of aliphatic hydroxyl groups is 1. The third-order valence-electron chi connectivity index (χ3n) is 11.9.